The number of hydrogen-bond acceptors (Lipinski definition) is 3. The number of carbonyl (C=O) groups is 1. The van der Waals surface area contributed by atoms with Gasteiger partial charge in [0.15, 0.2) is 0 Å². The van der Waals surface area contributed by atoms with Crippen LogP contribution in [-0.2, 0) is 21.4 Å². The van der Waals surface area contributed by atoms with Crippen LogP contribution < -0.4 is 0 Å². The second-order valence-electron chi connectivity index (χ2n) is 10.4. The maximum atomic E-state index is 13.1. The molecule has 0 aromatic heterocycles. The minimum absolute atomic E-state index is 0.130. The first-order chi connectivity index (χ1) is 19.5. The molecule has 0 aliphatic heterocycles. The highest BCUT2D eigenvalue weighted by atomic mass is 19.4. The van der Waals surface area contributed by atoms with Crippen molar-refractivity contribution < 1.29 is 41.0 Å². The van der Waals surface area contributed by atoms with Crippen LogP contribution in [0.15, 0.2) is 66.7 Å². The Kier molecular flexibility index (Phi) is 9.67. The van der Waals surface area contributed by atoms with Gasteiger partial charge in [0.05, 0.1) is 13.5 Å². The molecule has 3 aromatic carbocycles. The van der Waals surface area contributed by atoms with E-state index in [2.05, 4.69) is 6.07 Å². The molecule has 0 amide bonds. The molecule has 0 saturated heterocycles. The Bertz CT molecular complexity index is 1430. The number of carbonyl (C=O) groups excluding carboxylic acids is 1. The number of rotatable bonds is 9. The maximum absolute atomic E-state index is 13.1. The standard InChI is InChI=1S/C33H34F6O3/c1-6-30(7-2,26-12-11-24(21(3)17-26)15-16-31(41,32(34,35)36)33(37,38)39)27-13-14-28(22(4)18-27)25-10-8-9-23(19-25)20-29(40)42-5/h8-19,41H,6-7,20H2,1-5H3. The molecule has 0 spiro atoms. The van der Waals surface area contributed by atoms with Gasteiger partial charge in [0, 0.05) is 5.41 Å². The third-order valence-electron chi connectivity index (χ3n) is 7.99. The molecule has 0 fully saturated rings. The molecule has 0 heterocycles. The lowest BCUT2D eigenvalue weighted by Crippen LogP contribution is -2.55. The zero-order chi connectivity index (χ0) is 31.5. The van der Waals surface area contributed by atoms with Crippen molar-refractivity contribution in [3.63, 3.8) is 0 Å². The second-order valence-corrected chi connectivity index (χ2v) is 10.4. The van der Waals surface area contributed by atoms with Crippen molar-refractivity contribution in [2.45, 2.75) is 70.3 Å². The van der Waals surface area contributed by atoms with Crippen molar-refractivity contribution in [1.82, 2.24) is 0 Å². The lowest BCUT2D eigenvalue weighted by atomic mass is 9.69. The van der Waals surface area contributed by atoms with E-state index in [-0.39, 0.29) is 24.0 Å². The van der Waals surface area contributed by atoms with E-state index in [0.717, 1.165) is 33.4 Å². The summed E-state index contributed by atoms with van der Waals surface area (Å²) >= 11 is 0. The zero-order valence-electron chi connectivity index (χ0n) is 24.1. The number of methoxy groups -OCH3 is 1. The molecule has 0 bridgehead atoms. The number of halogens is 6. The molecule has 0 aliphatic rings. The summed E-state index contributed by atoms with van der Waals surface area (Å²) < 4.78 is 83.5. The Labute approximate surface area is 241 Å². The highest BCUT2D eigenvalue weighted by Crippen LogP contribution is 2.45. The first-order valence-electron chi connectivity index (χ1n) is 13.5. The third kappa shape index (κ3) is 6.41. The van der Waals surface area contributed by atoms with E-state index in [9.17, 15) is 36.2 Å². The monoisotopic (exact) mass is 592 g/mol. The van der Waals surface area contributed by atoms with Gasteiger partial charge in [-0.1, -0.05) is 80.6 Å². The van der Waals surface area contributed by atoms with Crippen LogP contribution in [0.25, 0.3) is 17.2 Å². The summed E-state index contributed by atoms with van der Waals surface area (Å²) in [4.78, 5) is 11.7. The molecule has 1 N–H and O–H groups in total. The van der Waals surface area contributed by atoms with E-state index in [4.69, 9.17) is 4.74 Å². The second kappa shape index (κ2) is 12.3. The number of aryl methyl sites for hydroxylation is 2. The van der Waals surface area contributed by atoms with Crippen molar-refractivity contribution in [3.05, 3.63) is 100 Å². The van der Waals surface area contributed by atoms with Crippen LogP contribution in [-0.4, -0.2) is 36.1 Å². The van der Waals surface area contributed by atoms with Gasteiger partial charge >= 0.3 is 18.3 Å². The van der Waals surface area contributed by atoms with E-state index in [1.54, 1.807) is 19.1 Å². The van der Waals surface area contributed by atoms with Gasteiger partial charge in [-0.05, 0) is 77.3 Å². The van der Waals surface area contributed by atoms with Crippen LogP contribution in [0.4, 0.5) is 26.3 Å². The van der Waals surface area contributed by atoms with Gasteiger partial charge in [0.2, 0.25) is 0 Å². The molecule has 3 aromatic rings. The zero-order valence-corrected chi connectivity index (χ0v) is 24.1. The average Bonchev–Trinajstić information content (AvgIpc) is 2.92. The summed E-state index contributed by atoms with van der Waals surface area (Å²) in [5, 5.41) is 9.48. The molecule has 3 rings (SSSR count). The quantitative estimate of drug-likeness (QED) is 0.200. The number of ether oxygens (including phenoxy) is 1. The molecule has 42 heavy (non-hydrogen) atoms. The number of alkyl halides is 6. The van der Waals surface area contributed by atoms with Gasteiger partial charge in [-0.2, -0.15) is 26.3 Å². The summed E-state index contributed by atoms with van der Waals surface area (Å²) in [6, 6.07) is 18.7. The lowest BCUT2D eigenvalue weighted by molar-refractivity contribution is -0.347. The molecular weight excluding hydrogens is 558 g/mol. The number of esters is 1. The van der Waals surface area contributed by atoms with Crippen LogP contribution >= 0.6 is 0 Å². The largest absolute Gasteiger partial charge is 0.469 e. The average molecular weight is 593 g/mol. The van der Waals surface area contributed by atoms with Crippen LogP contribution in [0.5, 0.6) is 0 Å². The fourth-order valence-corrected chi connectivity index (χ4v) is 5.33. The van der Waals surface area contributed by atoms with Gasteiger partial charge in [-0.15, -0.1) is 0 Å². The van der Waals surface area contributed by atoms with Crippen LogP contribution in [0.3, 0.4) is 0 Å². The number of benzene rings is 3. The summed E-state index contributed by atoms with van der Waals surface area (Å²) in [7, 11) is 1.34. The Balaban J connectivity index is 2.01. The summed E-state index contributed by atoms with van der Waals surface area (Å²) in [5.74, 6) is -0.330. The molecule has 0 aliphatic carbocycles. The van der Waals surface area contributed by atoms with E-state index in [1.807, 2.05) is 57.2 Å². The predicted octanol–water partition coefficient (Wildman–Crippen LogP) is 8.66. The van der Waals surface area contributed by atoms with Crippen molar-refractivity contribution in [1.29, 1.82) is 0 Å². The Morgan fingerprint density at radius 2 is 1.40 bits per heavy atom. The van der Waals surface area contributed by atoms with Crippen molar-refractivity contribution >= 4 is 12.0 Å². The summed E-state index contributed by atoms with van der Waals surface area (Å²) in [6.45, 7) is 7.65. The Hall–Kier alpha value is -3.59. The van der Waals surface area contributed by atoms with E-state index in [0.29, 0.717) is 24.5 Å². The number of aliphatic hydroxyl groups is 1. The predicted molar refractivity (Wildman–Crippen MR) is 151 cm³/mol. The Morgan fingerprint density at radius 3 is 1.90 bits per heavy atom. The molecule has 0 saturated carbocycles. The molecule has 226 valence electrons. The number of hydrogen-bond donors (Lipinski definition) is 1. The van der Waals surface area contributed by atoms with Crippen LogP contribution in [0.2, 0.25) is 0 Å². The van der Waals surface area contributed by atoms with Gasteiger partial charge < -0.3 is 9.84 Å². The highest BCUT2D eigenvalue weighted by Gasteiger charge is 2.68. The van der Waals surface area contributed by atoms with Gasteiger partial charge in [-0.3, -0.25) is 4.79 Å². The summed E-state index contributed by atoms with van der Waals surface area (Å²) in [6.07, 6.45) is -9.91. The molecule has 0 radical (unpaired) electrons. The van der Waals surface area contributed by atoms with E-state index >= 15 is 0 Å². The van der Waals surface area contributed by atoms with Crippen molar-refractivity contribution in [2.75, 3.05) is 7.11 Å². The van der Waals surface area contributed by atoms with Gasteiger partial charge in [0.1, 0.15) is 0 Å². The molecular formula is C33H34F6O3. The minimum atomic E-state index is -5.93. The molecule has 3 nitrogen and oxygen atoms in total. The smallest absolute Gasteiger partial charge is 0.430 e. The van der Waals surface area contributed by atoms with Crippen molar-refractivity contribution in [2.24, 2.45) is 0 Å². The lowest BCUT2D eigenvalue weighted by Gasteiger charge is -2.34. The van der Waals surface area contributed by atoms with E-state index < -0.39 is 23.4 Å². The fraction of sp³-hybridized carbons (Fsp3) is 0.364. The minimum Gasteiger partial charge on any atom is -0.469 e. The highest BCUT2D eigenvalue weighted by molar-refractivity contribution is 5.74. The van der Waals surface area contributed by atoms with Gasteiger partial charge in [0.25, 0.3) is 5.60 Å². The maximum Gasteiger partial charge on any atom is 0.430 e. The van der Waals surface area contributed by atoms with Gasteiger partial charge in [-0.25, -0.2) is 0 Å². The molecule has 9 heteroatoms. The first kappa shape index (κ1) is 32.9. The molecule has 0 unspecified atom stereocenters. The third-order valence-corrected chi connectivity index (χ3v) is 7.99. The SMILES string of the molecule is CCC(CC)(c1ccc(C=CC(O)(C(F)(F)F)C(F)(F)F)c(C)c1)c1ccc(-c2cccc(CC(=O)OC)c2)c(C)c1. The van der Waals surface area contributed by atoms with Crippen molar-refractivity contribution in [3.8, 4) is 11.1 Å². The van der Waals surface area contributed by atoms with E-state index in [1.165, 1.54) is 13.2 Å². The molecule has 0 atom stereocenters. The first-order valence-corrected chi connectivity index (χ1v) is 13.5. The fourth-order valence-electron chi connectivity index (χ4n) is 5.33. The van der Waals surface area contributed by atoms with Crippen LogP contribution in [0.1, 0.15) is 60.1 Å². The normalized spacial score (nSPS) is 13.0. The van der Waals surface area contributed by atoms with Crippen LogP contribution in [0, 0.1) is 13.8 Å². The topological polar surface area (TPSA) is 46.5 Å². The summed E-state index contributed by atoms with van der Waals surface area (Å²) in [5.41, 5.74) is 0.830. The Morgan fingerprint density at radius 1 is 0.833 bits per heavy atom.